The van der Waals surface area contributed by atoms with Crippen LogP contribution in [-0.4, -0.2) is 38.3 Å². The SMILES string of the molecule is O=C(O)Cn1nc(N2CCCC2=O)c2ccncc21. The molecule has 0 aromatic carbocycles. The highest BCUT2D eigenvalue weighted by atomic mass is 16.4. The van der Waals surface area contributed by atoms with Gasteiger partial charge in [-0.25, -0.2) is 4.68 Å². The molecule has 0 bridgehead atoms. The van der Waals surface area contributed by atoms with E-state index in [4.69, 9.17) is 5.11 Å². The highest BCUT2D eigenvalue weighted by Crippen LogP contribution is 2.28. The van der Waals surface area contributed by atoms with Crippen LogP contribution >= 0.6 is 0 Å². The minimum absolute atomic E-state index is 0.0266. The predicted molar refractivity (Wildman–Crippen MR) is 66.8 cm³/mol. The van der Waals surface area contributed by atoms with Gasteiger partial charge in [-0.05, 0) is 12.5 Å². The van der Waals surface area contributed by atoms with E-state index in [2.05, 4.69) is 10.1 Å². The minimum Gasteiger partial charge on any atom is -0.480 e. The zero-order valence-corrected chi connectivity index (χ0v) is 10.1. The summed E-state index contributed by atoms with van der Waals surface area (Å²) in [6.45, 7) is 0.380. The lowest BCUT2D eigenvalue weighted by Gasteiger charge is -2.11. The summed E-state index contributed by atoms with van der Waals surface area (Å²) < 4.78 is 1.37. The van der Waals surface area contributed by atoms with Crippen LogP contribution in [0.4, 0.5) is 5.82 Å². The number of fused-ring (bicyclic) bond motifs is 1. The Bertz CT molecular complexity index is 664. The number of nitrogens with zero attached hydrogens (tertiary/aromatic N) is 4. The van der Waals surface area contributed by atoms with Crippen LogP contribution in [0.1, 0.15) is 12.8 Å². The molecule has 2 aromatic rings. The molecule has 1 saturated heterocycles. The Hall–Kier alpha value is -2.44. The molecule has 19 heavy (non-hydrogen) atoms. The molecule has 0 radical (unpaired) electrons. The number of hydrogen-bond donors (Lipinski definition) is 1. The maximum absolute atomic E-state index is 11.8. The van der Waals surface area contributed by atoms with Crippen molar-refractivity contribution in [3.8, 4) is 0 Å². The van der Waals surface area contributed by atoms with Gasteiger partial charge in [0.1, 0.15) is 6.54 Å². The fraction of sp³-hybridized carbons (Fsp3) is 0.333. The smallest absolute Gasteiger partial charge is 0.325 e. The zero-order valence-electron chi connectivity index (χ0n) is 10.1. The lowest BCUT2D eigenvalue weighted by atomic mass is 10.3. The summed E-state index contributed by atoms with van der Waals surface area (Å²) in [5.74, 6) is -0.424. The molecule has 1 aliphatic rings. The summed E-state index contributed by atoms with van der Waals surface area (Å²) in [7, 11) is 0. The summed E-state index contributed by atoms with van der Waals surface area (Å²) >= 11 is 0. The number of pyridine rings is 1. The number of aliphatic carboxylic acids is 1. The second-order valence-corrected chi connectivity index (χ2v) is 4.42. The van der Waals surface area contributed by atoms with Gasteiger partial charge in [0, 0.05) is 24.5 Å². The molecule has 1 fully saturated rings. The van der Waals surface area contributed by atoms with Gasteiger partial charge in [0.2, 0.25) is 5.91 Å². The predicted octanol–water partition coefficient (Wildman–Crippen LogP) is 0.643. The summed E-state index contributed by atoms with van der Waals surface area (Å²) in [5, 5.41) is 13.9. The van der Waals surface area contributed by atoms with Crippen molar-refractivity contribution in [2.24, 2.45) is 0 Å². The Morgan fingerprint density at radius 1 is 1.47 bits per heavy atom. The topological polar surface area (TPSA) is 88.3 Å². The summed E-state index contributed by atoms with van der Waals surface area (Å²) in [5.41, 5.74) is 0.625. The first-order chi connectivity index (χ1) is 9.16. The molecular formula is C12H12N4O3. The first-order valence-corrected chi connectivity index (χ1v) is 5.99. The monoisotopic (exact) mass is 260 g/mol. The van der Waals surface area contributed by atoms with Gasteiger partial charge in [0.05, 0.1) is 11.7 Å². The third kappa shape index (κ3) is 1.92. The van der Waals surface area contributed by atoms with Crippen molar-refractivity contribution < 1.29 is 14.7 Å². The molecule has 7 nitrogen and oxygen atoms in total. The van der Waals surface area contributed by atoms with Gasteiger partial charge < -0.3 is 5.11 Å². The van der Waals surface area contributed by atoms with Crippen LogP contribution in [0.2, 0.25) is 0 Å². The first kappa shape index (κ1) is 11.6. The number of anilines is 1. The Labute approximate surface area is 108 Å². The zero-order chi connectivity index (χ0) is 13.4. The van der Waals surface area contributed by atoms with E-state index in [0.717, 1.165) is 11.8 Å². The van der Waals surface area contributed by atoms with E-state index < -0.39 is 5.97 Å². The molecule has 1 amide bonds. The molecule has 0 spiro atoms. The second kappa shape index (κ2) is 4.34. The average Bonchev–Trinajstić information content (AvgIpc) is 2.94. The molecule has 1 aliphatic heterocycles. The van der Waals surface area contributed by atoms with E-state index >= 15 is 0 Å². The molecule has 3 heterocycles. The van der Waals surface area contributed by atoms with Crippen molar-refractivity contribution in [3.05, 3.63) is 18.5 Å². The standard InChI is InChI=1S/C12H12N4O3/c17-10-2-1-5-15(10)12-8-3-4-13-6-9(8)16(14-12)7-11(18)19/h3-4,6H,1-2,5,7H2,(H,18,19). The number of rotatable bonds is 3. The summed E-state index contributed by atoms with van der Waals surface area (Å²) in [6, 6.07) is 1.75. The Morgan fingerprint density at radius 2 is 2.32 bits per heavy atom. The highest BCUT2D eigenvalue weighted by molar-refractivity contribution is 6.02. The van der Waals surface area contributed by atoms with E-state index in [1.165, 1.54) is 4.68 Å². The fourth-order valence-electron chi connectivity index (χ4n) is 2.32. The molecule has 0 atom stereocenters. The van der Waals surface area contributed by atoms with Gasteiger partial charge in [-0.15, -0.1) is 0 Å². The number of carboxylic acid groups (broad SMARTS) is 1. The number of carbonyl (C=O) groups excluding carboxylic acids is 1. The quantitative estimate of drug-likeness (QED) is 0.875. The largest absolute Gasteiger partial charge is 0.480 e. The number of carboxylic acids is 1. The van der Waals surface area contributed by atoms with Crippen LogP contribution in [0.15, 0.2) is 18.5 Å². The molecule has 2 aromatic heterocycles. The molecule has 1 N–H and O–H groups in total. The second-order valence-electron chi connectivity index (χ2n) is 4.42. The Kier molecular flexibility index (Phi) is 2.66. The summed E-state index contributed by atoms with van der Waals surface area (Å²) in [6.07, 6.45) is 4.49. The maximum atomic E-state index is 11.8. The number of amides is 1. The molecule has 0 unspecified atom stereocenters. The number of carbonyl (C=O) groups is 2. The Balaban J connectivity index is 2.14. The van der Waals surface area contributed by atoms with E-state index in [1.807, 2.05) is 0 Å². The first-order valence-electron chi connectivity index (χ1n) is 5.99. The molecule has 7 heteroatoms. The third-order valence-electron chi connectivity index (χ3n) is 3.15. The van der Waals surface area contributed by atoms with Gasteiger partial charge in [-0.2, -0.15) is 5.10 Å². The van der Waals surface area contributed by atoms with Crippen molar-refractivity contribution in [2.75, 3.05) is 11.4 Å². The normalized spacial score (nSPS) is 15.4. The van der Waals surface area contributed by atoms with Gasteiger partial charge >= 0.3 is 5.97 Å². The van der Waals surface area contributed by atoms with E-state index in [-0.39, 0.29) is 12.5 Å². The van der Waals surface area contributed by atoms with Gasteiger partial charge in [0.25, 0.3) is 0 Å². The lowest BCUT2D eigenvalue weighted by Crippen LogP contribution is -2.24. The van der Waals surface area contributed by atoms with E-state index in [9.17, 15) is 9.59 Å². The lowest BCUT2D eigenvalue weighted by molar-refractivity contribution is -0.137. The third-order valence-corrected chi connectivity index (χ3v) is 3.15. The van der Waals surface area contributed by atoms with Crippen LogP contribution in [0.3, 0.4) is 0 Å². The van der Waals surface area contributed by atoms with Crippen molar-refractivity contribution >= 4 is 28.6 Å². The van der Waals surface area contributed by atoms with Crippen molar-refractivity contribution in [3.63, 3.8) is 0 Å². The highest BCUT2D eigenvalue weighted by Gasteiger charge is 2.26. The number of aromatic nitrogens is 3. The van der Waals surface area contributed by atoms with Crippen LogP contribution in [0.25, 0.3) is 10.9 Å². The maximum Gasteiger partial charge on any atom is 0.325 e. The average molecular weight is 260 g/mol. The van der Waals surface area contributed by atoms with Crippen LogP contribution in [0, 0.1) is 0 Å². The number of hydrogen-bond acceptors (Lipinski definition) is 4. The van der Waals surface area contributed by atoms with Gasteiger partial charge in [0.15, 0.2) is 5.82 Å². The molecule has 3 rings (SSSR count). The Morgan fingerprint density at radius 3 is 3.00 bits per heavy atom. The van der Waals surface area contributed by atoms with Gasteiger partial charge in [-0.1, -0.05) is 0 Å². The van der Waals surface area contributed by atoms with E-state index in [1.54, 1.807) is 23.4 Å². The summed E-state index contributed by atoms with van der Waals surface area (Å²) in [4.78, 5) is 28.2. The van der Waals surface area contributed by atoms with Crippen LogP contribution in [-0.2, 0) is 16.1 Å². The van der Waals surface area contributed by atoms with Crippen molar-refractivity contribution in [2.45, 2.75) is 19.4 Å². The molecule has 98 valence electrons. The molecule has 0 aliphatic carbocycles. The van der Waals surface area contributed by atoms with Crippen LogP contribution in [0.5, 0.6) is 0 Å². The molecular weight excluding hydrogens is 248 g/mol. The van der Waals surface area contributed by atoms with Crippen molar-refractivity contribution in [1.82, 2.24) is 14.8 Å². The van der Waals surface area contributed by atoms with Crippen molar-refractivity contribution in [1.29, 1.82) is 0 Å². The van der Waals surface area contributed by atoms with E-state index in [0.29, 0.717) is 24.3 Å². The van der Waals surface area contributed by atoms with Crippen LogP contribution < -0.4 is 4.90 Å². The minimum atomic E-state index is -0.979. The fourth-order valence-corrected chi connectivity index (χ4v) is 2.32. The molecule has 0 saturated carbocycles. The van der Waals surface area contributed by atoms with Gasteiger partial charge in [-0.3, -0.25) is 19.5 Å².